The Morgan fingerprint density at radius 3 is 1.69 bits per heavy atom. The Labute approximate surface area is 220 Å². The highest BCUT2D eigenvalue weighted by Crippen LogP contribution is 2.38. The van der Waals surface area contributed by atoms with Gasteiger partial charge in [-0.2, -0.15) is 0 Å². The summed E-state index contributed by atoms with van der Waals surface area (Å²) >= 11 is 0. The molecule has 2 N–H and O–H groups in total. The summed E-state index contributed by atoms with van der Waals surface area (Å²) in [5, 5.41) is 0. The number of unbranched alkanes of at least 4 members (excludes halogenated alkanes) is 15. The first-order valence-corrected chi connectivity index (χ1v) is 15.9. The maximum absolute atomic E-state index is 11.2. The molecule has 1 rings (SSSR count). The van der Waals surface area contributed by atoms with Gasteiger partial charge in [-0.1, -0.05) is 134 Å². The van der Waals surface area contributed by atoms with Gasteiger partial charge in [0.2, 0.25) is 0 Å². The molecule has 210 valence electrons. The molecule has 0 fully saturated rings. The van der Waals surface area contributed by atoms with E-state index in [0.29, 0.717) is 13.2 Å². The molecule has 6 nitrogen and oxygen atoms in total. The van der Waals surface area contributed by atoms with Gasteiger partial charge in [0.1, 0.15) is 6.10 Å². The number of hydrogen-bond acceptors (Lipinski definition) is 4. The number of ether oxygens (including phenoxy) is 2. The SMILES string of the molecule is CCCCCCCCCCCCCCCCCCOC[C@@H](OCc1ccccc1)C(C)OP(=O)(O)O. The minimum absolute atomic E-state index is 0.243. The van der Waals surface area contributed by atoms with Crippen molar-refractivity contribution in [2.75, 3.05) is 13.2 Å². The zero-order valence-corrected chi connectivity index (χ0v) is 23.8. The van der Waals surface area contributed by atoms with Gasteiger partial charge in [-0.3, -0.25) is 4.52 Å². The van der Waals surface area contributed by atoms with Crippen LogP contribution in [0.15, 0.2) is 30.3 Å². The van der Waals surface area contributed by atoms with Crippen molar-refractivity contribution in [2.45, 2.75) is 135 Å². The molecule has 0 amide bonds. The fraction of sp³-hybridized carbons (Fsp3) is 0.793. The van der Waals surface area contributed by atoms with Crippen LogP contribution in [0.5, 0.6) is 0 Å². The minimum atomic E-state index is -4.59. The molecule has 36 heavy (non-hydrogen) atoms. The number of hydrogen-bond donors (Lipinski definition) is 2. The molecule has 0 aliphatic rings. The van der Waals surface area contributed by atoms with Gasteiger partial charge in [0.05, 0.1) is 19.3 Å². The van der Waals surface area contributed by atoms with Gasteiger partial charge in [0.15, 0.2) is 0 Å². The predicted molar refractivity (Wildman–Crippen MR) is 148 cm³/mol. The molecule has 0 heterocycles. The number of phosphoric ester groups is 1. The molecule has 1 aromatic carbocycles. The molecule has 2 atom stereocenters. The van der Waals surface area contributed by atoms with Gasteiger partial charge in [-0.05, 0) is 18.9 Å². The van der Waals surface area contributed by atoms with E-state index >= 15 is 0 Å². The topological polar surface area (TPSA) is 85.2 Å². The van der Waals surface area contributed by atoms with E-state index in [1.54, 1.807) is 6.92 Å². The summed E-state index contributed by atoms with van der Waals surface area (Å²) in [5.74, 6) is 0. The van der Waals surface area contributed by atoms with E-state index in [0.717, 1.165) is 18.4 Å². The summed E-state index contributed by atoms with van der Waals surface area (Å²) in [5.41, 5.74) is 0.990. The number of phosphoric acid groups is 1. The van der Waals surface area contributed by atoms with Crippen molar-refractivity contribution < 1.29 is 28.3 Å². The van der Waals surface area contributed by atoms with Crippen molar-refractivity contribution in [1.82, 2.24) is 0 Å². The Bertz CT molecular complexity index is 650. The summed E-state index contributed by atoms with van der Waals surface area (Å²) in [7, 11) is -4.59. The number of benzene rings is 1. The second kappa shape index (κ2) is 22.3. The fourth-order valence-electron chi connectivity index (χ4n) is 4.33. The van der Waals surface area contributed by atoms with Gasteiger partial charge in [0.25, 0.3) is 0 Å². The van der Waals surface area contributed by atoms with Crippen molar-refractivity contribution in [3.05, 3.63) is 35.9 Å². The standard InChI is InChI=1S/C29H53O6P/c1-3-4-5-6-7-8-9-10-11-12-13-14-15-16-17-21-24-33-26-29(27(2)35-36(30,31)32)34-25-28-22-19-18-20-23-28/h18-20,22-23,27,29H,3-17,21,24-26H2,1-2H3,(H2,30,31,32)/t27?,29-/m1/s1. The van der Waals surface area contributed by atoms with Crippen molar-refractivity contribution in [3.63, 3.8) is 0 Å². The summed E-state index contributed by atoms with van der Waals surface area (Å²) in [6.07, 6.45) is 20.0. The van der Waals surface area contributed by atoms with Crippen LogP contribution in [-0.2, 0) is 25.2 Å². The molecular weight excluding hydrogens is 475 g/mol. The van der Waals surface area contributed by atoms with Crippen LogP contribution in [0.25, 0.3) is 0 Å². The molecule has 1 unspecified atom stereocenters. The van der Waals surface area contributed by atoms with Crippen LogP contribution in [0.3, 0.4) is 0 Å². The normalized spacial score (nSPS) is 13.7. The van der Waals surface area contributed by atoms with Gasteiger partial charge < -0.3 is 19.3 Å². The quantitative estimate of drug-likeness (QED) is 0.0980. The second-order valence-corrected chi connectivity index (χ2v) is 11.2. The van der Waals surface area contributed by atoms with Crippen molar-refractivity contribution in [2.24, 2.45) is 0 Å². The maximum atomic E-state index is 11.2. The highest BCUT2D eigenvalue weighted by atomic mass is 31.2. The smallest absolute Gasteiger partial charge is 0.379 e. The van der Waals surface area contributed by atoms with Crippen LogP contribution >= 0.6 is 7.82 Å². The first-order chi connectivity index (χ1) is 17.4. The van der Waals surface area contributed by atoms with Crippen molar-refractivity contribution in [1.29, 1.82) is 0 Å². The van der Waals surface area contributed by atoms with Crippen LogP contribution in [0.1, 0.15) is 122 Å². The molecule has 0 spiro atoms. The second-order valence-electron chi connectivity index (χ2n) is 10.0. The Kier molecular flexibility index (Phi) is 20.6. The molecular formula is C29H53O6P. The van der Waals surface area contributed by atoms with Gasteiger partial charge >= 0.3 is 7.82 Å². The first kappa shape index (κ1) is 33.3. The van der Waals surface area contributed by atoms with Crippen LogP contribution in [0.2, 0.25) is 0 Å². The zero-order chi connectivity index (χ0) is 26.3. The fourth-order valence-corrected chi connectivity index (χ4v) is 4.90. The van der Waals surface area contributed by atoms with E-state index in [1.165, 1.54) is 89.9 Å². The molecule has 0 saturated carbocycles. The first-order valence-electron chi connectivity index (χ1n) is 14.4. The predicted octanol–water partition coefficient (Wildman–Crippen LogP) is 8.35. The molecule has 7 heteroatoms. The van der Waals surface area contributed by atoms with E-state index in [9.17, 15) is 4.57 Å². The van der Waals surface area contributed by atoms with Gasteiger partial charge in [0, 0.05) is 6.61 Å². The Morgan fingerprint density at radius 1 is 0.750 bits per heavy atom. The third-order valence-electron chi connectivity index (χ3n) is 6.56. The largest absolute Gasteiger partial charge is 0.469 e. The lowest BCUT2D eigenvalue weighted by atomic mass is 10.0. The lowest BCUT2D eigenvalue weighted by Gasteiger charge is -2.24. The molecule has 0 aliphatic heterocycles. The average molecular weight is 529 g/mol. The summed E-state index contributed by atoms with van der Waals surface area (Å²) in [4.78, 5) is 18.3. The molecule has 0 aliphatic carbocycles. The molecule has 0 aromatic heterocycles. The summed E-state index contributed by atoms with van der Waals surface area (Å²) in [6.45, 7) is 5.07. The van der Waals surface area contributed by atoms with E-state index in [2.05, 4.69) is 6.92 Å². The number of rotatable bonds is 25. The maximum Gasteiger partial charge on any atom is 0.469 e. The van der Waals surface area contributed by atoms with E-state index in [-0.39, 0.29) is 6.61 Å². The zero-order valence-electron chi connectivity index (χ0n) is 23.0. The summed E-state index contributed by atoms with van der Waals surface area (Å²) < 4.78 is 27.7. The monoisotopic (exact) mass is 528 g/mol. The Morgan fingerprint density at radius 2 is 1.22 bits per heavy atom. The highest BCUT2D eigenvalue weighted by Gasteiger charge is 2.27. The Hall–Kier alpha value is -0.750. The van der Waals surface area contributed by atoms with E-state index in [1.807, 2.05) is 30.3 Å². The highest BCUT2D eigenvalue weighted by molar-refractivity contribution is 7.46. The molecule has 0 bridgehead atoms. The van der Waals surface area contributed by atoms with Crippen LogP contribution < -0.4 is 0 Å². The molecule has 0 saturated heterocycles. The van der Waals surface area contributed by atoms with Crippen LogP contribution in [0.4, 0.5) is 0 Å². The van der Waals surface area contributed by atoms with Gasteiger partial charge in [-0.25, -0.2) is 4.57 Å². The lowest BCUT2D eigenvalue weighted by Crippen LogP contribution is -2.33. The third kappa shape index (κ3) is 20.3. The molecule has 1 aromatic rings. The third-order valence-corrected chi connectivity index (χ3v) is 7.17. The van der Waals surface area contributed by atoms with E-state index in [4.69, 9.17) is 23.8 Å². The van der Waals surface area contributed by atoms with Gasteiger partial charge in [-0.15, -0.1) is 0 Å². The van der Waals surface area contributed by atoms with Crippen molar-refractivity contribution >= 4 is 7.82 Å². The minimum Gasteiger partial charge on any atom is -0.379 e. The Balaban J connectivity index is 2.03. The summed E-state index contributed by atoms with van der Waals surface area (Å²) in [6, 6.07) is 9.68. The van der Waals surface area contributed by atoms with Crippen molar-refractivity contribution in [3.8, 4) is 0 Å². The van der Waals surface area contributed by atoms with E-state index < -0.39 is 20.0 Å². The average Bonchev–Trinajstić information content (AvgIpc) is 2.84. The lowest BCUT2D eigenvalue weighted by molar-refractivity contribution is -0.0783. The van der Waals surface area contributed by atoms with Crippen LogP contribution in [0, 0.1) is 0 Å². The van der Waals surface area contributed by atoms with Crippen LogP contribution in [-0.4, -0.2) is 35.2 Å². The molecule has 0 radical (unpaired) electrons.